The first-order valence-electron chi connectivity index (χ1n) is 5.23. The molecule has 1 nitrogen and oxygen atoms in total. The summed E-state index contributed by atoms with van der Waals surface area (Å²) in [4.78, 5) is 0. The van der Waals surface area contributed by atoms with Gasteiger partial charge >= 0.3 is 0 Å². The van der Waals surface area contributed by atoms with Crippen LogP contribution in [0.4, 0.5) is 0 Å². The van der Waals surface area contributed by atoms with Crippen molar-refractivity contribution in [3.05, 3.63) is 46.5 Å². The molecule has 0 spiro atoms. The monoisotopic (exact) mass is 267 g/mol. The third kappa shape index (κ3) is 4.63. The highest BCUT2D eigenvalue weighted by atomic mass is 79.9. The van der Waals surface area contributed by atoms with Gasteiger partial charge in [-0.15, -0.1) is 6.58 Å². The van der Waals surface area contributed by atoms with Gasteiger partial charge in [0.05, 0.1) is 0 Å². The molecule has 0 aromatic heterocycles. The smallest absolute Gasteiger partial charge is 0.0292 e. The molecule has 0 aliphatic rings. The van der Waals surface area contributed by atoms with Gasteiger partial charge in [-0.3, -0.25) is 0 Å². The zero-order valence-corrected chi connectivity index (χ0v) is 11.0. The number of hydrogen-bond acceptors (Lipinski definition) is 1. The minimum absolute atomic E-state index is 0.391. The Morgan fingerprint density at radius 3 is 2.87 bits per heavy atom. The van der Waals surface area contributed by atoms with Crippen molar-refractivity contribution in [1.29, 1.82) is 0 Å². The van der Waals surface area contributed by atoms with Crippen molar-refractivity contribution in [2.45, 2.75) is 26.3 Å². The Hall–Kier alpha value is -0.600. The van der Waals surface area contributed by atoms with Crippen LogP contribution in [0.1, 0.15) is 31.9 Å². The van der Waals surface area contributed by atoms with E-state index < -0.39 is 0 Å². The Bertz CT molecular complexity index is 333. The van der Waals surface area contributed by atoms with Gasteiger partial charge in [0.15, 0.2) is 0 Å². The first-order valence-corrected chi connectivity index (χ1v) is 6.02. The minimum Gasteiger partial charge on any atom is -0.310 e. The second-order valence-electron chi connectivity index (χ2n) is 3.94. The molecular weight excluding hydrogens is 250 g/mol. The zero-order chi connectivity index (χ0) is 11.3. The fourth-order valence-corrected chi connectivity index (χ4v) is 1.81. The van der Waals surface area contributed by atoms with Crippen molar-refractivity contribution in [2.24, 2.45) is 0 Å². The van der Waals surface area contributed by atoms with E-state index in [2.05, 4.69) is 59.9 Å². The quantitative estimate of drug-likeness (QED) is 0.794. The third-order valence-electron chi connectivity index (χ3n) is 2.35. The van der Waals surface area contributed by atoms with Crippen molar-refractivity contribution < 1.29 is 0 Å². The highest BCUT2D eigenvalue weighted by Gasteiger charge is 2.03. The fourth-order valence-electron chi connectivity index (χ4n) is 1.40. The molecule has 1 aromatic carbocycles. The molecule has 0 amide bonds. The third-order valence-corrected chi connectivity index (χ3v) is 2.84. The van der Waals surface area contributed by atoms with Gasteiger partial charge in [-0.1, -0.05) is 33.6 Å². The highest BCUT2D eigenvalue weighted by Crippen LogP contribution is 2.17. The van der Waals surface area contributed by atoms with E-state index in [1.165, 1.54) is 11.1 Å². The normalized spacial score (nSPS) is 12.5. The molecule has 15 heavy (non-hydrogen) atoms. The van der Waals surface area contributed by atoms with Crippen molar-refractivity contribution in [3.63, 3.8) is 0 Å². The summed E-state index contributed by atoms with van der Waals surface area (Å²) < 4.78 is 1.13. The lowest BCUT2D eigenvalue weighted by atomic mass is 10.1. The summed E-state index contributed by atoms with van der Waals surface area (Å²) >= 11 is 3.48. The number of nitrogens with one attached hydrogen (secondary N) is 1. The average Bonchev–Trinajstić information content (AvgIpc) is 2.17. The van der Waals surface area contributed by atoms with E-state index >= 15 is 0 Å². The van der Waals surface area contributed by atoms with Gasteiger partial charge in [-0.05, 0) is 44.5 Å². The maximum Gasteiger partial charge on any atom is 0.0292 e. The van der Waals surface area contributed by atoms with E-state index in [-0.39, 0.29) is 0 Å². The number of benzene rings is 1. The predicted octanol–water partition coefficient (Wildman–Crippen LogP) is 4.07. The number of hydrogen-bond donors (Lipinski definition) is 1. The summed E-state index contributed by atoms with van der Waals surface area (Å²) in [5, 5.41) is 3.48. The van der Waals surface area contributed by atoms with Gasteiger partial charge in [0.25, 0.3) is 0 Å². The maximum atomic E-state index is 3.89. The molecule has 82 valence electrons. The molecule has 2 heteroatoms. The molecule has 0 fully saturated rings. The molecule has 0 aliphatic carbocycles. The Kier molecular flexibility index (Phi) is 5.06. The molecule has 1 atom stereocenters. The Morgan fingerprint density at radius 2 is 2.27 bits per heavy atom. The van der Waals surface area contributed by atoms with Gasteiger partial charge < -0.3 is 5.32 Å². The van der Waals surface area contributed by atoms with Crippen molar-refractivity contribution in [3.8, 4) is 0 Å². The van der Waals surface area contributed by atoms with Crippen LogP contribution in [-0.4, -0.2) is 6.54 Å². The van der Waals surface area contributed by atoms with Gasteiger partial charge in [-0.25, -0.2) is 0 Å². The molecule has 1 aromatic rings. The van der Waals surface area contributed by atoms with Crippen LogP contribution in [0, 0.1) is 0 Å². The lowest BCUT2D eigenvalue weighted by Gasteiger charge is -2.14. The average molecular weight is 268 g/mol. The van der Waals surface area contributed by atoms with Gasteiger partial charge in [0.2, 0.25) is 0 Å². The SMILES string of the molecule is C=C(C)CCN[C@H](C)c1cccc(Br)c1. The Morgan fingerprint density at radius 1 is 1.53 bits per heavy atom. The number of halogens is 1. The highest BCUT2D eigenvalue weighted by molar-refractivity contribution is 9.10. The largest absolute Gasteiger partial charge is 0.310 e. The molecule has 0 heterocycles. The standard InChI is InChI=1S/C13H18BrN/c1-10(2)7-8-15-11(3)12-5-4-6-13(14)9-12/h4-6,9,11,15H,1,7-8H2,2-3H3/t11-/m1/s1. The first-order chi connectivity index (χ1) is 7.09. The summed E-state index contributed by atoms with van der Waals surface area (Å²) in [5.74, 6) is 0. The van der Waals surface area contributed by atoms with Crippen LogP contribution in [0.3, 0.4) is 0 Å². The van der Waals surface area contributed by atoms with Crippen LogP contribution < -0.4 is 5.32 Å². The van der Waals surface area contributed by atoms with E-state index in [9.17, 15) is 0 Å². The maximum absolute atomic E-state index is 3.89. The molecule has 1 rings (SSSR count). The van der Waals surface area contributed by atoms with E-state index in [1.54, 1.807) is 0 Å². The summed E-state index contributed by atoms with van der Waals surface area (Å²) in [6, 6.07) is 8.80. The topological polar surface area (TPSA) is 12.0 Å². The second kappa shape index (κ2) is 6.09. The molecule has 0 aliphatic heterocycles. The van der Waals surface area contributed by atoms with Crippen LogP contribution >= 0.6 is 15.9 Å². The van der Waals surface area contributed by atoms with Gasteiger partial charge in [0.1, 0.15) is 0 Å². The van der Waals surface area contributed by atoms with Crippen LogP contribution in [0.15, 0.2) is 40.9 Å². The summed E-state index contributed by atoms with van der Waals surface area (Å²) in [6.07, 6.45) is 1.04. The lowest BCUT2D eigenvalue weighted by Crippen LogP contribution is -2.19. The summed E-state index contributed by atoms with van der Waals surface area (Å²) in [7, 11) is 0. The fraction of sp³-hybridized carbons (Fsp3) is 0.385. The molecule has 0 bridgehead atoms. The van der Waals surface area contributed by atoms with Gasteiger partial charge in [0, 0.05) is 10.5 Å². The minimum atomic E-state index is 0.391. The van der Waals surface area contributed by atoms with Crippen molar-refractivity contribution in [1.82, 2.24) is 5.32 Å². The molecule has 0 saturated heterocycles. The van der Waals surface area contributed by atoms with Crippen LogP contribution in [0.5, 0.6) is 0 Å². The Labute approximate surface area is 101 Å². The number of rotatable bonds is 5. The van der Waals surface area contributed by atoms with Crippen molar-refractivity contribution >= 4 is 15.9 Å². The summed E-state index contributed by atoms with van der Waals surface area (Å²) in [5.41, 5.74) is 2.54. The van der Waals surface area contributed by atoms with Crippen LogP contribution in [-0.2, 0) is 0 Å². The predicted molar refractivity (Wildman–Crippen MR) is 70.0 cm³/mol. The van der Waals surface area contributed by atoms with E-state index in [0.29, 0.717) is 6.04 Å². The van der Waals surface area contributed by atoms with E-state index in [0.717, 1.165) is 17.4 Å². The van der Waals surface area contributed by atoms with E-state index in [1.807, 2.05) is 6.07 Å². The van der Waals surface area contributed by atoms with Crippen LogP contribution in [0.25, 0.3) is 0 Å². The lowest BCUT2D eigenvalue weighted by molar-refractivity contribution is 0.576. The summed E-state index contributed by atoms with van der Waals surface area (Å²) in [6.45, 7) is 9.12. The molecule has 0 radical (unpaired) electrons. The van der Waals surface area contributed by atoms with Crippen LogP contribution in [0.2, 0.25) is 0 Å². The van der Waals surface area contributed by atoms with E-state index in [4.69, 9.17) is 0 Å². The Balaban J connectivity index is 2.46. The second-order valence-corrected chi connectivity index (χ2v) is 4.85. The molecular formula is C13H18BrN. The molecule has 0 unspecified atom stereocenters. The molecule has 0 saturated carbocycles. The van der Waals surface area contributed by atoms with Gasteiger partial charge in [-0.2, -0.15) is 0 Å². The molecule has 1 N–H and O–H groups in total. The zero-order valence-electron chi connectivity index (χ0n) is 9.39. The van der Waals surface area contributed by atoms with Crippen molar-refractivity contribution in [2.75, 3.05) is 6.54 Å². The first kappa shape index (κ1) is 12.5.